The molecule has 1 N–H and O–H groups in total. The van der Waals surface area contributed by atoms with E-state index in [4.69, 9.17) is 4.74 Å². The Morgan fingerprint density at radius 3 is 2.60 bits per heavy atom. The van der Waals surface area contributed by atoms with Gasteiger partial charge in [-0.1, -0.05) is 12.1 Å². The molecule has 2 rings (SSSR count). The van der Waals surface area contributed by atoms with Crippen LogP contribution >= 0.6 is 0 Å². The minimum Gasteiger partial charge on any atom is -0.388 e. The molecule has 20 heavy (non-hydrogen) atoms. The van der Waals surface area contributed by atoms with E-state index in [1.54, 1.807) is 12.1 Å². The Morgan fingerprint density at radius 2 is 1.95 bits per heavy atom. The smallest absolute Gasteiger partial charge is 0.123 e. The highest BCUT2D eigenvalue weighted by Crippen LogP contribution is 2.19. The minimum atomic E-state index is -0.521. The first-order valence-electron chi connectivity index (χ1n) is 7.35. The highest BCUT2D eigenvalue weighted by atomic mass is 19.1. The lowest BCUT2D eigenvalue weighted by atomic mass is 9.99. The third-order valence-corrected chi connectivity index (χ3v) is 3.95. The van der Waals surface area contributed by atoms with E-state index in [0.29, 0.717) is 12.3 Å². The lowest BCUT2D eigenvalue weighted by Crippen LogP contribution is -2.30. The quantitative estimate of drug-likeness (QED) is 0.870. The van der Waals surface area contributed by atoms with Crippen LogP contribution in [0.2, 0.25) is 0 Å². The fraction of sp³-hybridized carbons (Fsp3) is 0.625. The number of rotatable bonds is 6. The summed E-state index contributed by atoms with van der Waals surface area (Å²) >= 11 is 0. The summed E-state index contributed by atoms with van der Waals surface area (Å²) in [5.74, 6) is 0.439. The van der Waals surface area contributed by atoms with Gasteiger partial charge in [-0.15, -0.1) is 0 Å². The Bertz CT molecular complexity index is 390. The molecule has 1 aromatic rings. The van der Waals surface area contributed by atoms with E-state index in [9.17, 15) is 9.50 Å². The number of halogens is 1. The van der Waals surface area contributed by atoms with Crippen LogP contribution in [0.3, 0.4) is 0 Å². The largest absolute Gasteiger partial charge is 0.388 e. The molecule has 4 heteroatoms. The number of aliphatic hydroxyl groups is 1. The zero-order valence-corrected chi connectivity index (χ0v) is 12.1. The number of ether oxygens (including phenoxy) is 1. The van der Waals surface area contributed by atoms with Gasteiger partial charge in [0.15, 0.2) is 0 Å². The average Bonchev–Trinajstić information content (AvgIpc) is 2.46. The van der Waals surface area contributed by atoms with Crippen LogP contribution in [0.15, 0.2) is 24.3 Å². The molecular weight excluding hydrogens is 257 g/mol. The highest BCUT2D eigenvalue weighted by Gasteiger charge is 2.16. The molecule has 1 unspecified atom stereocenters. The van der Waals surface area contributed by atoms with Crippen molar-refractivity contribution >= 4 is 0 Å². The molecule has 0 spiro atoms. The second-order valence-corrected chi connectivity index (χ2v) is 5.67. The first-order chi connectivity index (χ1) is 9.65. The molecule has 0 aromatic heterocycles. The van der Waals surface area contributed by atoms with Gasteiger partial charge in [0.2, 0.25) is 0 Å². The van der Waals surface area contributed by atoms with E-state index in [2.05, 4.69) is 11.9 Å². The standard InChI is InChI=1S/C16H24FNO2/c1-18(12-13-7-10-20-11-8-13)9-6-16(19)14-2-4-15(17)5-3-14/h2-5,13,16,19H,6-12H2,1H3. The Hall–Kier alpha value is -0.970. The predicted molar refractivity (Wildman–Crippen MR) is 77.0 cm³/mol. The van der Waals surface area contributed by atoms with Crippen molar-refractivity contribution in [3.8, 4) is 0 Å². The summed E-state index contributed by atoms with van der Waals surface area (Å²) in [6, 6.07) is 6.09. The van der Waals surface area contributed by atoms with Crippen molar-refractivity contribution in [2.24, 2.45) is 5.92 Å². The molecule has 1 aromatic carbocycles. The molecule has 1 aliphatic rings. The van der Waals surface area contributed by atoms with Crippen molar-refractivity contribution in [1.29, 1.82) is 0 Å². The van der Waals surface area contributed by atoms with Gasteiger partial charge in [-0.2, -0.15) is 0 Å². The number of hydrogen-bond acceptors (Lipinski definition) is 3. The molecule has 1 fully saturated rings. The summed E-state index contributed by atoms with van der Waals surface area (Å²) in [6.07, 6.45) is 2.41. The molecule has 1 atom stereocenters. The van der Waals surface area contributed by atoms with Crippen LogP contribution in [0.4, 0.5) is 4.39 Å². The summed E-state index contributed by atoms with van der Waals surface area (Å²) in [4.78, 5) is 2.27. The van der Waals surface area contributed by atoms with Crippen LogP contribution in [-0.4, -0.2) is 43.4 Å². The van der Waals surface area contributed by atoms with Gasteiger partial charge in [0, 0.05) is 26.3 Å². The molecule has 0 aliphatic carbocycles. The second kappa shape index (κ2) is 7.72. The van der Waals surface area contributed by atoms with Crippen LogP contribution in [0.1, 0.15) is 30.9 Å². The van der Waals surface area contributed by atoms with E-state index in [1.165, 1.54) is 12.1 Å². The van der Waals surface area contributed by atoms with Gasteiger partial charge in [0.1, 0.15) is 5.82 Å². The van der Waals surface area contributed by atoms with Crippen molar-refractivity contribution in [1.82, 2.24) is 4.90 Å². The molecule has 0 radical (unpaired) electrons. The first kappa shape index (κ1) is 15.4. The molecule has 0 amide bonds. The van der Waals surface area contributed by atoms with Gasteiger partial charge in [-0.05, 0) is 49.9 Å². The van der Waals surface area contributed by atoms with Crippen LogP contribution in [0, 0.1) is 11.7 Å². The average molecular weight is 281 g/mol. The van der Waals surface area contributed by atoms with Gasteiger partial charge in [-0.25, -0.2) is 4.39 Å². The van der Waals surface area contributed by atoms with Crippen molar-refractivity contribution < 1.29 is 14.2 Å². The van der Waals surface area contributed by atoms with Gasteiger partial charge < -0.3 is 14.7 Å². The lowest BCUT2D eigenvalue weighted by molar-refractivity contribution is 0.0534. The Balaban J connectivity index is 1.71. The molecule has 0 saturated carbocycles. The second-order valence-electron chi connectivity index (χ2n) is 5.67. The summed E-state index contributed by atoms with van der Waals surface area (Å²) in [5, 5.41) is 10.1. The molecule has 3 nitrogen and oxygen atoms in total. The van der Waals surface area contributed by atoms with Crippen molar-refractivity contribution in [3.05, 3.63) is 35.6 Å². The van der Waals surface area contributed by atoms with Crippen LogP contribution in [0.5, 0.6) is 0 Å². The minimum absolute atomic E-state index is 0.266. The lowest BCUT2D eigenvalue weighted by Gasteiger charge is -2.27. The third kappa shape index (κ3) is 4.85. The Kier molecular flexibility index (Phi) is 5.95. The number of aliphatic hydroxyl groups excluding tert-OH is 1. The Labute approximate surface area is 120 Å². The SMILES string of the molecule is CN(CCC(O)c1ccc(F)cc1)CC1CCOCC1. The number of hydrogen-bond donors (Lipinski definition) is 1. The van der Waals surface area contributed by atoms with Gasteiger partial charge in [0.05, 0.1) is 6.10 Å². The maximum Gasteiger partial charge on any atom is 0.123 e. The third-order valence-electron chi connectivity index (χ3n) is 3.95. The fourth-order valence-corrected chi connectivity index (χ4v) is 2.66. The zero-order valence-electron chi connectivity index (χ0n) is 12.1. The van der Waals surface area contributed by atoms with Crippen LogP contribution in [0.25, 0.3) is 0 Å². The van der Waals surface area contributed by atoms with E-state index >= 15 is 0 Å². The number of nitrogens with zero attached hydrogens (tertiary/aromatic N) is 1. The fourth-order valence-electron chi connectivity index (χ4n) is 2.66. The van der Waals surface area contributed by atoms with Crippen LogP contribution < -0.4 is 0 Å². The number of benzene rings is 1. The summed E-state index contributed by atoms with van der Waals surface area (Å²) in [5.41, 5.74) is 0.783. The van der Waals surface area contributed by atoms with Crippen molar-refractivity contribution in [2.45, 2.75) is 25.4 Å². The van der Waals surface area contributed by atoms with E-state index < -0.39 is 6.10 Å². The maximum absolute atomic E-state index is 12.8. The topological polar surface area (TPSA) is 32.7 Å². The molecular formula is C16H24FNO2. The normalized spacial score (nSPS) is 18.4. The van der Waals surface area contributed by atoms with Crippen LogP contribution in [-0.2, 0) is 4.74 Å². The molecule has 1 aliphatic heterocycles. The van der Waals surface area contributed by atoms with Crippen molar-refractivity contribution in [3.63, 3.8) is 0 Å². The predicted octanol–water partition coefficient (Wildman–Crippen LogP) is 2.61. The monoisotopic (exact) mass is 281 g/mol. The summed E-state index contributed by atoms with van der Waals surface area (Å²) in [6.45, 7) is 3.64. The van der Waals surface area contributed by atoms with Gasteiger partial charge in [-0.3, -0.25) is 0 Å². The summed E-state index contributed by atoms with van der Waals surface area (Å²) in [7, 11) is 2.09. The van der Waals surface area contributed by atoms with E-state index in [0.717, 1.165) is 44.7 Å². The summed E-state index contributed by atoms with van der Waals surface area (Å²) < 4.78 is 18.2. The molecule has 112 valence electrons. The Morgan fingerprint density at radius 1 is 1.30 bits per heavy atom. The van der Waals surface area contributed by atoms with E-state index in [-0.39, 0.29) is 5.82 Å². The van der Waals surface area contributed by atoms with E-state index in [1.807, 2.05) is 0 Å². The molecule has 1 saturated heterocycles. The zero-order chi connectivity index (χ0) is 14.4. The maximum atomic E-state index is 12.8. The molecule has 0 bridgehead atoms. The van der Waals surface area contributed by atoms with Gasteiger partial charge in [0.25, 0.3) is 0 Å². The highest BCUT2D eigenvalue weighted by molar-refractivity contribution is 5.18. The first-order valence-corrected chi connectivity index (χ1v) is 7.35. The van der Waals surface area contributed by atoms with Gasteiger partial charge >= 0.3 is 0 Å². The van der Waals surface area contributed by atoms with Crippen molar-refractivity contribution in [2.75, 3.05) is 33.4 Å². The molecule has 1 heterocycles.